The molecule has 16 nitrogen and oxygen atoms in total. The molecular weight excluding hydrogens is 472 g/mol. The summed E-state index contributed by atoms with van der Waals surface area (Å²) in [7, 11) is 0. The predicted molar refractivity (Wildman–Crippen MR) is 101 cm³/mol. The van der Waals surface area contributed by atoms with Gasteiger partial charge in [-0.15, -0.1) is 0 Å². The molecule has 0 aromatic carbocycles. The maximum absolute atomic E-state index is 10.6. The van der Waals surface area contributed by atoms with Crippen molar-refractivity contribution in [1.29, 1.82) is 0 Å². The molecule has 3 rings (SSSR count). The average molecular weight is 504 g/mol. The number of aliphatic hydroxyl groups excluding tert-OH is 11. The second kappa shape index (κ2) is 11.6. The quantitative estimate of drug-likeness (QED) is 0.154. The van der Waals surface area contributed by atoms with Gasteiger partial charge in [0.25, 0.3) is 0 Å². The van der Waals surface area contributed by atoms with Crippen LogP contribution in [0, 0.1) is 0 Å². The van der Waals surface area contributed by atoms with Gasteiger partial charge in [0.1, 0.15) is 73.2 Å². The van der Waals surface area contributed by atoms with E-state index >= 15 is 0 Å². The Kier molecular flexibility index (Phi) is 9.54. The van der Waals surface area contributed by atoms with Crippen LogP contribution in [0.25, 0.3) is 0 Å². The molecule has 0 radical (unpaired) electrons. The van der Waals surface area contributed by atoms with E-state index in [1.54, 1.807) is 0 Å². The van der Waals surface area contributed by atoms with E-state index in [9.17, 15) is 56.2 Å². The first-order valence-corrected chi connectivity index (χ1v) is 10.6. The summed E-state index contributed by atoms with van der Waals surface area (Å²) in [6, 6.07) is 0. The predicted octanol–water partition coefficient (Wildman–Crippen LogP) is -7.57. The third-order valence-electron chi connectivity index (χ3n) is 6.07. The Bertz CT molecular complexity index is 637. The zero-order valence-corrected chi connectivity index (χ0v) is 17.7. The number of ether oxygens (including phenoxy) is 5. The van der Waals surface area contributed by atoms with E-state index in [-0.39, 0.29) is 0 Å². The zero-order valence-electron chi connectivity index (χ0n) is 17.7. The van der Waals surface area contributed by atoms with Crippen LogP contribution in [-0.4, -0.2) is 168 Å². The van der Waals surface area contributed by atoms with Crippen LogP contribution in [0.15, 0.2) is 0 Å². The summed E-state index contributed by atoms with van der Waals surface area (Å²) < 4.78 is 26.1. The molecule has 0 aromatic heterocycles. The normalized spacial score (nSPS) is 52.5. The Morgan fingerprint density at radius 3 is 1.53 bits per heavy atom. The number of rotatable bonds is 7. The Labute approximate surface area is 192 Å². The van der Waals surface area contributed by atoms with Gasteiger partial charge in [-0.25, -0.2) is 0 Å². The van der Waals surface area contributed by atoms with E-state index in [1.807, 2.05) is 0 Å². The van der Waals surface area contributed by atoms with E-state index in [0.29, 0.717) is 0 Å². The molecular formula is C18H32O16. The van der Waals surface area contributed by atoms with Crippen LogP contribution in [-0.2, 0) is 23.7 Å². The van der Waals surface area contributed by atoms with Gasteiger partial charge in [-0.1, -0.05) is 0 Å². The lowest BCUT2D eigenvalue weighted by molar-refractivity contribution is -0.361. The molecule has 11 N–H and O–H groups in total. The minimum atomic E-state index is -1.93. The molecule has 200 valence electrons. The average Bonchev–Trinajstić information content (AvgIpc) is 2.82. The fourth-order valence-corrected chi connectivity index (χ4v) is 3.94. The second-order valence-electron chi connectivity index (χ2n) is 8.37. The number of hydrogen-bond donors (Lipinski definition) is 11. The molecule has 0 unspecified atom stereocenters. The molecule has 0 aliphatic carbocycles. The van der Waals surface area contributed by atoms with Gasteiger partial charge in [0.05, 0.1) is 19.8 Å². The van der Waals surface area contributed by atoms with E-state index in [2.05, 4.69) is 0 Å². The standard InChI is InChI=1S/C18H32O16/c19-1-4-7(21)10(24)12(26)17(32-4)30-3-6-9(23)15(14(28)16(29)31-6)34-18-13(27)11(25)8(22)5(2-20)33-18/h4-29H,1-3H2/t4-,5-,6-,7-,8-,9-,10+,11+,12+,13+,14+,15+,16+,17+,18+/m1/s1. The van der Waals surface area contributed by atoms with E-state index in [0.717, 1.165) is 0 Å². The fourth-order valence-electron chi connectivity index (χ4n) is 3.94. The first kappa shape index (κ1) is 27.9. The van der Waals surface area contributed by atoms with Crippen molar-refractivity contribution in [2.45, 2.75) is 92.1 Å². The van der Waals surface area contributed by atoms with Crippen LogP contribution < -0.4 is 0 Å². The van der Waals surface area contributed by atoms with Crippen molar-refractivity contribution < 1.29 is 79.9 Å². The van der Waals surface area contributed by atoms with Crippen LogP contribution >= 0.6 is 0 Å². The topological polar surface area (TPSA) is 269 Å². The van der Waals surface area contributed by atoms with Gasteiger partial charge in [-0.2, -0.15) is 0 Å². The highest BCUT2D eigenvalue weighted by atomic mass is 16.7. The largest absolute Gasteiger partial charge is 0.394 e. The third-order valence-corrected chi connectivity index (χ3v) is 6.07. The van der Waals surface area contributed by atoms with Crippen molar-refractivity contribution in [3.8, 4) is 0 Å². The lowest BCUT2D eigenvalue weighted by Crippen LogP contribution is -2.65. The molecule has 15 atom stereocenters. The maximum Gasteiger partial charge on any atom is 0.187 e. The molecule has 0 amide bonds. The van der Waals surface area contributed by atoms with Crippen molar-refractivity contribution in [3.05, 3.63) is 0 Å². The van der Waals surface area contributed by atoms with Crippen LogP contribution in [0.3, 0.4) is 0 Å². The highest BCUT2D eigenvalue weighted by Crippen LogP contribution is 2.29. The summed E-state index contributed by atoms with van der Waals surface area (Å²) in [5.41, 5.74) is 0. The molecule has 0 spiro atoms. The Morgan fingerprint density at radius 2 is 1.00 bits per heavy atom. The van der Waals surface area contributed by atoms with Crippen molar-refractivity contribution >= 4 is 0 Å². The fraction of sp³-hybridized carbons (Fsp3) is 1.00. The van der Waals surface area contributed by atoms with Gasteiger partial charge in [0.15, 0.2) is 18.9 Å². The molecule has 3 heterocycles. The highest BCUT2D eigenvalue weighted by molar-refractivity contribution is 4.94. The summed E-state index contributed by atoms with van der Waals surface area (Å²) in [6.45, 7) is -2.06. The van der Waals surface area contributed by atoms with Gasteiger partial charge in [0, 0.05) is 0 Å². The molecule has 3 saturated heterocycles. The molecule has 16 heteroatoms. The van der Waals surface area contributed by atoms with Gasteiger partial charge >= 0.3 is 0 Å². The van der Waals surface area contributed by atoms with Crippen molar-refractivity contribution in [2.24, 2.45) is 0 Å². The van der Waals surface area contributed by atoms with Gasteiger partial charge in [0.2, 0.25) is 0 Å². The minimum Gasteiger partial charge on any atom is -0.394 e. The summed E-state index contributed by atoms with van der Waals surface area (Å²) >= 11 is 0. The maximum atomic E-state index is 10.6. The smallest absolute Gasteiger partial charge is 0.187 e. The summed E-state index contributed by atoms with van der Waals surface area (Å²) in [6.07, 6.45) is -24.9. The van der Waals surface area contributed by atoms with Crippen LogP contribution in [0.5, 0.6) is 0 Å². The van der Waals surface area contributed by atoms with Crippen molar-refractivity contribution in [3.63, 3.8) is 0 Å². The highest BCUT2D eigenvalue weighted by Gasteiger charge is 2.51. The lowest BCUT2D eigenvalue weighted by Gasteiger charge is -2.45. The summed E-state index contributed by atoms with van der Waals surface area (Å²) in [5.74, 6) is 0. The zero-order chi connectivity index (χ0) is 25.3. The van der Waals surface area contributed by atoms with Crippen LogP contribution in [0.4, 0.5) is 0 Å². The molecule has 34 heavy (non-hydrogen) atoms. The summed E-state index contributed by atoms with van der Waals surface area (Å²) in [5, 5.41) is 109. The Balaban J connectivity index is 1.65. The molecule has 0 saturated carbocycles. The third kappa shape index (κ3) is 5.52. The monoisotopic (exact) mass is 504 g/mol. The molecule has 3 fully saturated rings. The first-order chi connectivity index (χ1) is 16.0. The number of hydrogen-bond acceptors (Lipinski definition) is 16. The lowest BCUT2D eigenvalue weighted by atomic mass is 9.97. The van der Waals surface area contributed by atoms with Crippen LogP contribution in [0.1, 0.15) is 0 Å². The first-order valence-electron chi connectivity index (χ1n) is 10.6. The molecule has 0 aromatic rings. The second-order valence-corrected chi connectivity index (χ2v) is 8.37. The van der Waals surface area contributed by atoms with E-state index < -0.39 is 112 Å². The minimum absolute atomic E-state index is 0.609. The Morgan fingerprint density at radius 1 is 0.500 bits per heavy atom. The van der Waals surface area contributed by atoms with Gasteiger partial charge in [-0.3, -0.25) is 0 Å². The van der Waals surface area contributed by atoms with Gasteiger partial charge in [-0.05, 0) is 0 Å². The molecule has 3 aliphatic rings. The van der Waals surface area contributed by atoms with E-state index in [1.165, 1.54) is 0 Å². The van der Waals surface area contributed by atoms with Crippen molar-refractivity contribution in [1.82, 2.24) is 0 Å². The van der Waals surface area contributed by atoms with Crippen LogP contribution in [0.2, 0.25) is 0 Å². The Hall–Kier alpha value is -0.640. The molecule has 0 bridgehead atoms. The van der Waals surface area contributed by atoms with Crippen molar-refractivity contribution in [2.75, 3.05) is 19.8 Å². The summed E-state index contributed by atoms with van der Waals surface area (Å²) in [4.78, 5) is 0. The SMILES string of the molecule is OC[C@H]1O[C@@H](O[C@@H]2[C@H](O)[C@@H](O)O[C@H](CO[C@H]3O[C@H](CO)[C@@H](O)[C@H](O)[C@@H]3O)[C@H]2O)[C@@H](O)[C@@H](O)[C@@H]1O. The number of aliphatic hydroxyl groups is 11. The molecule has 3 aliphatic heterocycles. The van der Waals surface area contributed by atoms with E-state index in [4.69, 9.17) is 23.7 Å². The van der Waals surface area contributed by atoms with Gasteiger partial charge < -0.3 is 79.9 Å².